The van der Waals surface area contributed by atoms with Crippen molar-refractivity contribution in [2.45, 2.75) is 5.41 Å². The Morgan fingerprint density at radius 1 is 0.390 bits per heavy atom. The normalized spacial score (nSPS) is 14.0. The van der Waals surface area contributed by atoms with Gasteiger partial charge in [-0.2, -0.15) is 0 Å². The fourth-order valence-corrected chi connectivity index (χ4v) is 8.21. The third-order valence-electron chi connectivity index (χ3n) is 9.75. The van der Waals surface area contributed by atoms with Crippen LogP contribution in [0.4, 0.5) is 0 Å². The second-order valence-electron chi connectivity index (χ2n) is 11.5. The van der Waals surface area contributed by atoms with Crippen LogP contribution in [0.3, 0.4) is 0 Å². The zero-order valence-corrected chi connectivity index (χ0v) is 22.2. The molecule has 0 radical (unpaired) electrons. The molecule has 0 amide bonds. The van der Waals surface area contributed by atoms with Crippen LogP contribution in [-0.4, -0.2) is 4.98 Å². The highest BCUT2D eigenvalue weighted by atomic mass is 14.6. The summed E-state index contributed by atoms with van der Waals surface area (Å²) in [5.41, 5.74) is 18.1. The van der Waals surface area contributed by atoms with Gasteiger partial charge in [-0.15, -0.1) is 0 Å². The highest BCUT2D eigenvalue weighted by molar-refractivity contribution is 6.18. The van der Waals surface area contributed by atoms with E-state index in [1.807, 2.05) is 6.20 Å². The van der Waals surface area contributed by atoms with E-state index >= 15 is 0 Å². The Kier molecular flexibility index (Phi) is 3.92. The first-order chi connectivity index (χ1) is 20.4. The Bertz CT molecular complexity index is 2180. The molecule has 0 saturated carbocycles. The maximum atomic E-state index is 4.59. The minimum Gasteiger partial charge on any atom is -0.264 e. The number of aromatic nitrogens is 1. The molecule has 3 aliphatic rings. The van der Waals surface area contributed by atoms with Gasteiger partial charge in [-0.05, 0) is 95.2 Å². The number of benzene rings is 6. The summed E-state index contributed by atoms with van der Waals surface area (Å²) in [5.74, 6) is 0. The maximum absolute atomic E-state index is 4.59. The summed E-state index contributed by atoms with van der Waals surface area (Å²) in [4.78, 5) is 4.59. The fraction of sp³-hybridized carbons (Fsp3) is 0.0250. The quantitative estimate of drug-likeness (QED) is 0.211. The fourth-order valence-electron chi connectivity index (χ4n) is 8.21. The first-order valence-electron chi connectivity index (χ1n) is 14.3. The van der Waals surface area contributed by atoms with E-state index in [4.69, 9.17) is 0 Å². The van der Waals surface area contributed by atoms with E-state index in [2.05, 4.69) is 139 Å². The maximum Gasteiger partial charge on any atom is 0.0726 e. The molecule has 7 aromatic rings. The average molecular weight is 518 g/mol. The zero-order valence-electron chi connectivity index (χ0n) is 22.2. The van der Waals surface area contributed by atoms with Gasteiger partial charge in [0.05, 0.1) is 5.41 Å². The zero-order chi connectivity index (χ0) is 26.7. The number of nitrogens with zero attached hydrogens (tertiary/aromatic N) is 1. The molecule has 0 aliphatic heterocycles. The summed E-state index contributed by atoms with van der Waals surface area (Å²) < 4.78 is 0. The van der Waals surface area contributed by atoms with Crippen LogP contribution in [0.25, 0.3) is 66.4 Å². The first-order valence-corrected chi connectivity index (χ1v) is 14.3. The van der Waals surface area contributed by atoms with Gasteiger partial charge in [0.2, 0.25) is 0 Å². The van der Waals surface area contributed by atoms with Crippen molar-refractivity contribution in [1.82, 2.24) is 4.98 Å². The van der Waals surface area contributed by atoms with Crippen LogP contribution in [0.5, 0.6) is 0 Å². The van der Waals surface area contributed by atoms with E-state index in [9.17, 15) is 0 Å². The van der Waals surface area contributed by atoms with Crippen molar-refractivity contribution < 1.29 is 0 Å². The molecule has 1 heterocycles. The number of pyridine rings is 1. The van der Waals surface area contributed by atoms with Gasteiger partial charge in [-0.1, -0.05) is 115 Å². The second kappa shape index (κ2) is 7.47. The van der Waals surface area contributed by atoms with E-state index < -0.39 is 0 Å². The Hall–Kier alpha value is -5.27. The molecule has 0 atom stereocenters. The average Bonchev–Trinajstić information content (AvgIpc) is 3.64. The minimum atomic E-state index is -0.359. The minimum absolute atomic E-state index is 0.359. The van der Waals surface area contributed by atoms with E-state index in [0.29, 0.717) is 0 Å². The third kappa shape index (κ3) is 2.47. The van der Waals surface area contributed by atoms with Crippen molar-refractivity contribution in [3.8, 4) is 55.6 Å². The highest BCUT2D eigenvalue weighted by Crippen LogP contribution is 2.63. The smallest absolute Gasteiger partial charge is 0.0726 e. The van der Waals surface area contributed by atoms with Crippen molar-refractivity contribution in [3.05, 3.63) is 162 Å². The molecule has 1 spiro atoms. The third-order valence-corrected chi connectivity index (χ3v) is 9.75. The van der Waals surface area contributed by atoms with Crippen LogP contribution in [0.15, 0.2) is 140 Å². The van der Waals surface area contributed by atoms with Gasteiger partial charge in [0, 0.05) is 18.0 Å². The van der Waals surface area contributed by atoms with Crippen molar-refractivity contribution in [3.63, 3.8) is 0 Å². The standard InChI is InChI=1S/C40H23N/c1-2-9-27-26(8-1)32-13-7-12-31-25(18-19-33(27)39(31)32)24-16-17-30-34-23-41-21-20-37(34)40(38(30)22-24)35-14-5-3-10-28(35)29-11-4-6-15-36(29)40/h1-23H. The number of hydrogen-bond donors (Lipinski definition) is 0. The molecule has 3 aliphatic carbocycles. The SMILES string of the molecule is c1ccc2c(c1)-c1cccc3c(-c4ccc5c(c4)C4(c6ccccc6-c6ccccc64)c4ccncc4-5)ccc-2c13. The molecule has 41 heavy (non-hydrogen) atoms. The van der Waals surface area contributed by atoms with E-state index in [1.165, 1.54) is 88.7 Å². The summed E-state index contributed by atoms with van der Waals surface area (Å²) in [5, 5.41) is 2.68. The van der Waals surface area contributed by atoms with Crippen LogP contribution in [0.2, 0.25) is 0 Å². The Morgan fingerprint density at radius 2 is 0.951 bits per heavy atom. The molecule has 0 saturated heterocycles. The Labute approximate surface area is 238 Å². The van der Waals surface area contributed by atoms with Crippen LogP contribution in [0.1, 0.15) is 22.3 Å². The van der Waals surface area contributed by atoms with Gasteiger partial charge >= 0.3 is 0 Å². The summed E-state index contributed by atoms with van der Waals surface area (Å²) in [6, 6.07) is 47.5. The molecular formula is C40H23N. The van der Waals surface area contributed by atoms with Gasteiger partial charge in [0.25, 0.3) is 0 Å². The largest absolute Gasteiger partial charge is 0.264 e. The number of rotatable bonds is 1. The molecule has 0 fully saturated rings. The lowest BCUT2D eigenvalue weighted by molar-refractivity contribution is 0.792. The summed E-state index contributed by atoms with van der Waals surface area (Å²) in [6.45, 7) is 0. The molecule has 1 heteroatoms. The lowest BCUT2D eigenvalue weighted by Crippen LogP contribution is -2.25. The number of fused-ring (bicyclic) bond motifs is 13. The Morgan fingerprint density at radius 3 is 1.71 bits per heavy atom. The summed E-state index contributed by atoms with van der Waals surface area (Å²) >= 11 is 0. The van der Waals surface area contributed by atoms with Gasteiger partial charge < -0.3 is 0 Å². The highest BCUT2D eigenvalue weighted by Gasteiger charge is 2.51. The monoisotopic (exact) mass is 517 g/mol. The van der Waals surface area contributed by atoms with Gasteiger partial charge in [-0.25, -0.2) is 0 Å². The van der Waals surface area contributed by atoms with Gasteiger partial charge in [-0.3, -0.25) is 4.98 Å². The summed E-state index contributed by atoms with van der Waals surface area (Å²) in [7, 11) is 0. The molecule has 0 N–H and O–H groups in total. The molecule has 10 rings (SSSR count). The first kappa shape index (κ1) is 21.5. The van der Waals surface area contributed by atoms with E-state index in [-0.39, 0.29) is 5.41 Å². The molecule has 0 bridgehead atoms. The van der Waals surface area contributed by atoms with Crippen LogP contribution < -0.4 is 0 Å². The van der Waals surface area contributed by atoms with Crippen molar-refractivity contribution in [2.24, 2.45) is 0 Å². The topological polar surface area (TPSA) is 12.9 Å². The van der Waals surface area contributed by atoms with Crippen molar-refractivity contribution in [1.29, 1.82) is 0 Å². The molecule has 0 unspecified atom stereocenters. The predicted octanol–water partition coefficient (Wildman–Crippen LogP) is 9.89. The second-order valence-corrected chi connectivity index (χ2v) is 11.5. The van der Waals surface area contributed by atoms with Crippen LogP contribution >= 0.6 is 0 Å². The van der Waals surface area contributed by atoms with Gasteiger partial charge in [0.1, 0.15) is 0 Å². The Balaban J connectivity index is 1.29. The predicted molar refractivity (Wildman–Crippen MR) is 168 cm³/mol. The lowest BCUT2D eigenvalue weighted by Gasteiger charge is -2.30. The molecule has 1 nitrogen and oxygen atoms in total. The molecular weight excluding hydrogens is 494 g/mol. The van der Waals surface area contributed by atoms with E-state index in [0.717, 1.165) is 0 Å². The van der Waals surface area contributed by atoms with Crippen LogP contribution in [0, 0.1) is 0 Å². The molecule has 6 aromatic carbocycles. The molecule has 1 aromatic heterocycles. The van der Waals surface area contributed by atoms with Gasteiger partial charge in [0.15, 0.2) is 0 Å². The van der Waals surface area contributed by atoms with Crippen LogP contribution in [-0.2, 0) is 5.41 Å². The van der Waals surface area contributed by atoms with E-state index in [1.54, 1.807) is 0 Å². The summed E-state index contributed by atoms with van der Waals surface area (Å²) in [6.07, 6.45) is 4.01. The number of hydrogen-bond acceptors (Lipinski definition) is 1. The molecule has 188 valence electrons. The van der Waals surface area contributed by atoms with Crippen molar-refractivity contribution >= 4 is 10.8 Å². The lowest BCUT2D eigenvalue weighted by atomic mass is 9.70. The van der Waals surface area contributed by atoms with Crippen molar-refractivity contribution in [2.75, 3.05) is 0 Å².